The van der Waals surface area contributed by atoms with Crippen LogP contribution in [0.4, 0.5) is 4.79 Å². The molecule has 3 rings (SSSR count). The van der Waals surface area contributed by atoms with Crippen LogP contribution < -0.4 is 9.47 Å². The number of halogens is 1. The lowest BCUT2D eigenvalue weighted by Crippen LogP contribution is -2.22. The number of hydrogen-bond donors (Lipinski definition) is 0. The maximum atomic E-state index is 12.2. The molecule has 1 aliphatic rings. The number of rotatable bonds is 8. The van der Waals surface area contributed by atoms with Crippen LogP contribution in [0.3, 0.4) is 0 Å². The largest absolute Gasteiger partial charge is 0.490 e. The average Bonchev–Trinajstić information content (AvgIpc) is 2.96. The molecule has 0 N–H and O–H groups in total. The molecule has 1 saturated heterocycles. The standard InChI is InChI=1S/C23H22BrNO4S/c1-4-6-17-11-16(13-20-22(26)25(3)23(27)30-20)12-19(28-5-2)21(17)29-14-15-7-9-18(24)10-8-15/h4,7-13H,1,5-6,14H2,2-3H3/b20-13-. The summed E-state index contributed by atoms with van der Waals surface area (Å²) in [4.78, 5) is 25.5. The predicted molar refractivity (Wildman–Crippen MR) is 124 cm³/mol. The Morgan fingerprint density at radius 3 is 2.50 bits per heavy atom. The molecular weight excluding hydrogens is 466 g/mol. The van der Waals surface area contributed by atoms with Crippen LogP contribution in [0.1, 0.15) is 23.6 Å². The average molecular weight is 488 g/mol. The number of nitrogens with zero attached hydrogens (tertiary/aromatic N) is 1. The van der Waals surface area contributed by atoms with Crippen LogP contribution in [0.15, 0.2) is 58.4 Å². The number of hydrogen-bond acceptors (Lipinski definition) is 5. The van der Waals surface area contributed by atoms with Crippen molar-refractivity contribution in [3.8, 4) is 11.5 Å². The van der Waals surface area contributed by atoms with Gasteiger partial charge in [-0.25, -0.2) is 0 Å². The van der Waals surface area contributed by atoms with E-state index in [2.05, 4.69) is 22.5 Å². The first-order valence-corrected chi connectivity index (χ1v) is 11.0. The van der Waals surface area contributed by atoms with Crippen molar-refractivity contribution in [2.45, 2.75) is 20.0 Å². The molecule has 2 amide bonds. The highest BCUT2D eigenvalue weighted by atomic mass is 79.9. The van der Waals surface area contributed by atoms with E-state index in [-0.39, 0.29) is 11.1 Å². The summed E-state index contributed by atoms with van der Waals surface area (Å²) in [6, 6.07) is 11.7. The van der Waals surface area contributed by atoms with Crippen LogP contribution in [0.2, 0.25) is 0 Å². The van der Waals surface area contributed by atoms with Crippen molar-refractivity contribution in [3.05, 3.63) is 75.1 Å². The van der Waals surface area contributed by atoms with Gasteiger partial charge in [-0.2, -0.15) is 0 Å². The van der Waals surface area contributed by atoms with Gasteiger partial charge in [0.05, 0.1) is 11.5 Å². The van der Waals surface area contributed by atoms with Crippen molar-refractivity contribution < 1.29 is 19.1 Å². The van der Waals surface area contributed by atoms with Crippen LogP contribution in [0.5, 0.6) is 11.5 Å². The van der Waals surface area contributed by atoms with Gasteiger partial charge in [0.25, 0.3) is 11.1 Å². The fourth-order valence-electron chi connectivity index (χ4n) is 2.93. The molecule has 1 aliphatic heterocycles. The van der Waals surface area contributed by atoms with Crippen molar-refractivity contribution in [3.63, 3.8) is 0 Å². The van der Waals surface area contributed by atoms with E-state index in [4.69, 9.17) is 9.47 Å². The zero-order valence-electron chi connectivity index (χ0n) is 16.8. The molecule has 2 aromatic carbocycles. The number of imide groups is 1. The lowest BCUT2D eigenvalue weighted by Gasteiger charge is -2.17. The minimum atomic E-state index is -0.302. The highest BCUT2D eigenvalue weighted by Gasteiger charge is 2.31. The van der Waals surface area contributed by atoms with E-state index in [0.717, 1.165) is 37.8 Å². The second-order valence-corrected chi connectivity index (χ2v) is 8.50. The Labute approximate surface area is 188 Å². The Morgan fingerprint density at radius 2 is 1.90 bits per heavy atom. The summed E-state index contributed by atoms with van der Waals surface area (Å²) in [6.45, 7) is 6.61. The van der Waals surface area contributed by atoms with Gasteiger partial charge < -0.3 is 9.47 Å². The molecule has 2 aromatic rings. The number of carbonyl (C=O) groups excluding carboxylic acids is 2. The molecule has 0 aliphatic carbocycles. The van der Waals surface area contributed by atoms with Crippen LogP contribution in [-0.2, 0) is 17.8 Å². The molecule has 0 aromatic heterocycles. The molecule has 0 radical (unpaired) electrons. The third-order valence-electron chi connectivity index (χ3n) is 4.40. The molecule has 0 spiro atoms. The van der Waals surface area contributed by atoms with Crippen LogP contribution in [0.25, 0.3) is 6.08 Å². The van der Waals surface area contributed by atoms with E-state index in [0.29, 0.717) is 36.0 Å². The van der Waals surface area contributed by atoms with E-state index in [1.165, 1.54) is 7.05 Å². The Bertz CT molecular complexity index is 1000. The van der Waals surface area contributed by atoms with E-state index in [1.54, 1.807) is 12.2 Å². The minimum absolute atomic E-state index is 0.281. The first-order chi connectivity index (χ1) is 14.4. The summed E-state index contributed by atoms with van der Waals surface area (Å²) >= 11 is 4.36. The molecule has 1 fully saturated rings. The number of allylic oxidation sites excluding steroid dienone is 1. The minimum Gasteiger partial charge on any atom is -0.490 e. The Kier molecular flexibility index (Phi) is 7.39. The van der Waals surface area contributed by atoms with Gasteiger partial charge >= 0.3 is 0 Å². The second kappa shape index (κ2) is 10.00. The van der Waals surface area contributed by atoms with Crippen LogP contribution in [0, 0.1) is 0 Å². The van der Waals surface area contributed by atoms with E-state index in [1.807, 2.05) is 43.3 Å². The molecule has 7 heteroatoms. The second-order valence-electron chi connectivity index (χ2n) is 6.59. The highest BCUT2D eigenvalue weighted by molar-refractivity contribution is 9.10. The summed E-state index contributed by atoms with van der Waals surface area (Å²) in [5, 5.41) is -0.281. The van der Waals surface area contributed by atoms with Gasteiger partial charge in [-0.3, -0.25) is 14.5 Å². The molecule has 0 atom stereocenters. The molecule has 1 heterocycles. The fourth-order valence-corrected chi connectivity index (χ4v) is 4.03. The number of ether oxygens (including phenoxy) is 2. The van der Waals surface area contributed by atoms with Crippen molar-refractivity contribution in [1.82, 2.24) is 4.90 Å². The van der Waals surface area contributed by atoms with Crippen LogP contribution in [-0.4, -0.2) is 29.7 Å². The van der Waals surface area contributed by atoms with E-state index >= 15 is 0 Å². The fraction of sp³-hybridized carbons (Fsp3) is 0.217. The van der Waals surface area contributed by atoms with Crippen LogP contribution >= 0.6 is 27.7 Å². The van der Waals surface area contributed by atoms with E-state index < -0.39 is 0 Å². The summed E-state index contributed by atoms with van der Waals surface area (Å²) < 4.78 is 13.0. The van der Waals surface area contributed by atoms with Gasteiger partial charge in [0.15, 0.2) is 11.5 Å². The van der Waals surface area contributed by atoms with Crippen molar-refractivity contribution in [1.29, 1.82) is 0 Å². The third-order valence-corrected chi connectivity index (χ3v) is 5.89. The number of thioether (sulfide) groups is 1. The third kappa shape index (κ3) is 5.15. The summed E-state index contributed by atoms with van der Waals surface area (Å²) in [5.41, 5.74) is 2.70. The Morgan fingerprint density at radius 1 is 1.17 bits per heavy atom. The van der Waals surface area contributed by atoms with Gasteiger partial charge in [-0.15, -0.1) is 6.58 Å². The first kappa shape index (κ1) is 22.2. The first-order valence-electron chi connectivity index (χ1n) is 9.42. The number of benzene rings is 2. The SMILES string of the molecule is C=CCc1cc(/C=C2\SC(=O)N(C)C2=O)cc(OCC)c1OCc1ccc(Br)cc1. The molecule has 156 valence electrons. The summed E-state index contributed by atoms with van der Waals surface area (Å²) in [6.07, 6.45) is 4.08. The van der Waals surface area contributed by atoms with Gasteiger partial charge in [0.2, 0.25) is 0 Å². The maximum absolute atomic E-state index is 12.2. The van der Waals surface area contributed by atoms with Gasteiger partial charge in [0.1, 0.15) is 6.61 Å². The molecule has 0 unspecified atom stereocenters. The van der Waals surface area contributed by atoms with Gasteiger partial charge in [-0.1, -0.05) is 34.1 Å². The number of carbonyl (C=O) groups is 2. The normalized spacial score (nSPS) is 15.0. The maximum Gasteiger partial charge on any atom is 0.293 e. The number of amides is 2. The smallest absolute Gasteiger partial charge is 0.293 e. The number of likely N-dealkylation sites (N-methyl/N-ethyl adjacent to an activating group) is 1. The zero-order valence-corrected chi connectivity index (χ0v) is 19.2. The molecule has 30 heavy (non-hydrogen) atoms. The molecular formula is C23H22BrNO4S. The molecule has 5 nitrogen and oxygen atoms in total. The lowest BCUT2D eigenvalue weighted by molar-refractivity contribution is -0.121. The van der Waals surface area contributed by atoms with Crippen molar-refractivity contribution in [2.75, 3.05) is 13.7 Å². The lowest BCUT2D eigenvalue weighted by atomic mass is 10.0. The summed E-state index contributed by atoms with van der Waals surface area (Å²) in [5.74, 6) is 0.945. The highest BCUT2D eigenvalue weighted by Crippen LogP contribution is 2.37. The molecule has 0 bridgehead atoms. The predicted octanol–water partition coefficient (Wildman–Crippen LogP) is 5.82. The Hall–Kier alpha value is -2.51. The summed E-state index contributed by atoms with van der Waals surface area (Å²) in [7, 11) is 1.48. The monoisotopic (exact) mass is 487 g/mol. The topological polar surface area (TPSA) is 55.8 Å². The van der Waals surface area contributed by atoms with Gasteiger partial charge in [-0.05, 0) is 66.6 Å². The van der Waals surface area contributed by atoms with Crippen molar-refractivity contribution in [2.24, 2.45) is 0 Å². The quantitative estimate of drug-likeness (QED) is 0.346. The Balaban J connectivity index is 1.95. The van der Waals surface area contributed by atoms with E-state index in [9.17, 15) is 9.59 Å². The zero-order chi connectivity index (χ0) is 21.7. The van der Waals surface area contributed by atoms with Crippen molar-refractivity contribution >= 4 is 44.9 Å². The van der Waals surface area contributed by atoms with Gasteiger partial charge in [0, 0.05) is 17.1 Å². The molecule has 0 saturated carbocycles.